The number of carbonyl (C=O) groups is 1. The van der Waals surface area contributed by atoms with E-state index in [0.717, 1.165) is 13.0 Å². The third-order valence-corrected chi connectivity index (χ3v) is 1.57. The molecule has 4 nitrogen and oxygen atoms in total. The van der Waals surface area contributed by atoms with Crippen molar-refractivity contribution in [2.45, 2.75) is 32.7 Å². The lowest BCUT2D eigenvalue weighted by molar-refractivity contribution is -0.145. The monoisotopic (exact) mass is 203 g/mol. The zero-order valence-electron chi connectivity index (χ0n) is 9.55. The Labute approximate surface area is 86.0 Å². The van der Waals surface area contributed by atoms with Crippen LogP contribution in [0.1, 0.15) is 27.2 Å². The molecule has 84 valence electrons. The lowest BCUT2D eigenvalue weighted by Gasteiger charge is -2.20. The molecule has 0 aliphatic rings. The van der Waals surface area contributed by atoms with Gasteiger partial charge in [-0.05, 0) is 33.7 Å². The van der Waals surface area contributed by atoms with E-state index < -0.39 is 0 Å². The molecule has 0 heterocycles. The van der Waals surface area contributed by atoms with Gasteiger partial charge in [-0.3, -0.25) is 0 Å². The van der Waals surface area contributed by atoms with E-state index in [4.69, 9.17) is 4.74 Å². The quantitative estimate of drug-likeness (QED) is 0.516. The Morgan fingerprint density at radius 1 is 1.36 bits per heavy atom. The molecule has 0 aliphatic carbocycles. The van der Waals surface area contributed by atoms with Crippen LogP contribution in [0, 0.1) is 0 Å². The van der Waals surface area contributed by atoms with Gasteiger partial charge in [0.05, 0.1) is 7.11 Å². The molecule has 0 bridgehead atoms. The Morgan fingerprint density at radius 3 is 2.50 bits per heavy atom. The fourth-order valence-corrected chi connectivity index (χ4v) is 0.852. The number of nitrogens with one attached hydrogen (secondary N) is 1. The van der Waals surface area contributed by atoms with Crippen molar-refractivity contribution >= 4 is 5.97 Å². The second-order valence-corrected chi connectivity index (χ2v) is 4.16. The van der Waals surface area contributed by atoms with Crippen LogP contribution in [0.2, 0.25) is 0 Å². The van der Waals surface area contributed by atoms with Crippen LogP contribution in [0.3, 0.4) is 0 Å². The van der Waals surface area contributed by atoms with Gasteiger partial charge < -0.3 is 14.8 Å². The first-order valence-electron chi connectivity index (χ1n) is 4.85. The third-order valence-electron chi connectivity index (χ3n) is 1.57. The third kappa shape index (κ3) is 9.48. The van der Waals surface area contributed by atoms with Crippen molar-refractivity contribution in [1.82, 2.24) is 5.32 Å². The summed E-state index contributed by atoms with van der Waals surface area (Å²) in [5.74, 6) is -0.325. The molecule has 1 N–H and O–H groups in total. The highest BCUT2D eigenvalue weighted by molar-refractivity contribution is 5.70. The number of hydrogen-bond donors (Lipinski definition) is 1. The molecule has 0 radical (unpaired) electrons. The van der Waals surface area contributed by atoms with E-state index in [9.17, 15) is 4.79 Å². The summed E-state index contributed by atoms with van der Waals surface area (Å²) in [7, 11) is 1.35. The zero-order chi connectivity index (χ0) is 11.0. The zero-order valence-corrected chi connectivity index (χ0v) is 9.55. The highest BCUT2D eigenvalue weighted by atomic mass is 16.6. The first-order valence-corrected chi connectivity index (χ1v) is 4.85. The molecule has 0 saturated carbocycles. The van der Waals surface area contributed by atoms with E-state index in [0.29, 0.717) is 6.61 Å². The van der Waals surface area contributed by atoms with Crippen molar-refractivity contribution in [3.63, 3.8) is 0 Å². The fourth-order valence-electron chi connectivity index (χ4n) is 0.852. The van der Waals surface area contributed by atoms with Gasteiger partial charge in [0.15, 0.2) is 0 Å². The Balaban J connectivity index is 3.18. The van der Waals surface area contributed by atoms with Crippen molar-refractivity contribution < 1.29 is 14.3 Å². The smallest absolute Gasteiger partial charge is 0.331 e. The van der Waals surface area contributed by atoms with E-state index in [-0.39, 0.29) is 18.1 Å². The Morgan fingerprint density at radius 2 is 2.00 bits per heavy atom. The van der Waals surface area contributed by atoms with Crippen LogP contribution in [-0.2, 0) is 14.3 Å². The van der Waals surface area contributed by atoms with Crippen LogP contribution in [0.25, 0.3) is 0 Å². The lowest BCUT2D eigenvalue weighted by Crippen LogP contribution is -2.36. The summed E-state index contributed by atoms with van der Waals surface area (Å²) < 4.78 is 9.52. The van der Waals surface area contributed by atoms with Crippen LogP contribution >= 0.6 is 0 Å². The summed E-state index contributed by atoms with van der Waals surface area (Å²) in [5, 5.41) is 3.33. The van der Waals surface area contributed by atoms with Crippen LogP contribution < -0.4 is 5.32 Å². The van der Waals surface area contributed by atoms with Gasteiger partial charge in [0.25, 0.3) is 0 Å². The predicted molar refractivity (Wildman–Crippen MR) is 55.2 cm³/mol. The molecule has 0 aromatic heterocycles. The lowest BCUT2D eigenvalue weighted by atomic mass is 10.1. The Kier molecular flexibility index (Phi) is 6.49. The van der Waals surface area contributed by atoms with Crippen molar-refractivity contribution in [2.24, 2.45) is 0 Å². The number of methoxy groups -OCH3 is 1. The maximum absolute atomic E-state index is 10.6. The van der Waals surface area contributed by atoms with Crippen LogP contribution in [0.4, 0.5) is 0 Å². The number of esters is 1. The van der Waals surface area contributed by atoms with Crippen LogP contribution in [0.15, 0.2) is 0 Å². The molecule has 0 fully saturated rings. The molecule has 0 spiro atoms. The van der Waals surface area contributed by atoms with Gasteiger partial charge in [-0.1, -0.05) is 0 Å². The first kappa shape index (κ1) is 13.4. The predicted octanol–water partition coefficient (Wildman–Crippen LogP) is 0.954. The minimum Gasteiger partial charge on any atom is -0.467 e. The molecular weight excluding hydrogens is 182 g/mol. The fraction of sp³-hybridized carbons (Fsp3) is 0.900. The summed E-state index contributed by atoms with van der Waals surface area (Å²) in [6, 6.07) is 0. The molecule has 0 rings (SSSR count). The SMILES string of the molecule is COC(=O)COCCCNC(C)(C)C. The standard InChI is InChI=1S/C10H21NO3/c1-10(2,3)11-6-5-7-14-8-9(12)13-4/h11H,5-8H2,1-4H3. The van der Waals surface area contributed by atoms with Crippen LogP contribution in [-0.4, -0.2) is 38.4 Å². The number of ether oxygens (including phenoxy) is 2. The maximum Gasteiger partial charge on any atom is 0.331 e. The summed E-state index contributed by atoms with van der Waals surface area (Å²) >= 11 is 0. The van der Waals surface area contributed by atoms with Crippen molar-refractivity contribution in [2.75, 3.05) is 26.9 Å². The average Bonchev–Trinajstić information content (AvgIpc) is 2.08. The maximum atomic E-state index is 10.6. The van der Waals surface area contributed by atoms with E-state index in [2.05, 4.69) is 30.8 Å². The molecule has 0 atom stereocenters. The molecule has 4 heteroatoms. The molecule has 14 heavy (non-hydrogen) atoms. The first-order chi connectivity index (χ1) is 6.45. The summed E-state index contributed by atoms with van der Waals surface area (Å²) in [5.41, 5.74) is 0.141. The second-order valence-electron chi connectivity index (χ2n) is 4.16. The normalized spacial score (nSPS) is 11.4. The van der Waals surface area contributed by atoms with Gasteiger partial charge in [0.2, 0.25) is 0 Å². The molecule has 0 saturated heterocycles. The summed E-state index contributed by atoms with van der Waals surface area (Å²) in [6.07, 6.45) is 0.897. The Hall–Kier alpha value is -0.610. The minimum absolute atomic E-state index is 0.0476. The topological polar surface area (TPSA) is 47.6 Å². The number of rotatable bonds is 6. The molecule has 0 amide bonds. The highest BCUT2D eigenvalue weighted by Crippen LogP contribution is 1.97. The van der Waals surface area contributed by atoms with Gasteiger partial charge in [0, 0.05) is 12.1 Å². The van der Waals surface area contributed by atoms with Crippen LogP contribution in [0.5, 0.6) is 0 Å². The van der Waals surface area contributed by atoms with Crippen molar-refractivity contribution in [3.05, 3.63) is 0 Å². The molecule has 0 aromatic rings. The van der Waals surface area contributed by atoms with Gasteiger partial charge in [-0.2, -0.15) is 0 Å². The molecule has 0 aliphatic heterocycles. The highest BCUT2D eigenvalue weighted by Gasteiger charge is 2.07. The van der Waals surface area contributed by atoms with Gasteiger partial charge in [0.1, 0.15) is 6.61 Å². The van der Waals surface area contributed by atoms with Crippen molar-refractivity contribution in [3.8, 4) is 0 Å². The number of carbonyl (C=O) groups excluding carboxylic acids is 1. The van der Waals surface area contributed by atoms with E-state index >= 15 is 0 Å². The van der Waals surface area contributed by atoms with Gasteiger partial charge >= 0.3 is 5.97 Å². The van der Waals surface area contributed by atoms with E-state index in [1.165, 1.54) is 7.11 Å². The van der Waals surface area contributed by atoms with E-state index in [1.807, 2.05) is 0 Å². The molecule has 0 aromatic carbocycles. The minimum atomic E-state index is -0.325. The Bertz CT molecular complexity index is 163. The average molecular weight is 203 g/mol. The second kappa shape index (κ2) is 6.79. The largest absolute Gasteiger partial charge is 0.467 e. The molecular formula is C10H21NO3. The van der Waals surface area contributed by atoms with E-state index in [1.54, 1.807) is 0 Å². The summed E-state index contributed by atoms with van der Waals surface area (Å²) in [6.45, 7) is 7.86. The van der Waals surface area contributed by atoms with Gasteiger partial charge in [-0.15, -0.1) is 0 Å². The van der Waals surface area contributed by atoms with Gasteiger partial charge in [-0.25, -0.2) is 4.79 Å². The van der Waals surface area contributed by atoms with Crippen molar-refractivity contribution in [1.29, 1.82) is 0 Å². The molecule has 0 unspecified atom stereocenters. The number of hydrogen-bond acceptors (Lipinski definition) is 4. The summed E-state index contributed by atoms with van der Waals surface area (Å²) in [4.78, 5) is 10.6.